The van der Waals surface area contributed by atoms with E-state index in [1.807, 2.05) is 0 Å². The van der Waals surface area contributed by atoms with Crippen molar-refractivity contribution in [3.05, 3.63) is 0 Å². The SMILES string of the molecule is [2H]C([2H])([2H])C([2H])([2H])C([2H])([2H])C([2H])([2H])C([2H])([2H])C([2H])([2H])C([2H])([2H])C([2H])([2H])C([2H])([2H])C([2H])([2H])C([2H])([2H])C([2H])([2H])C([2H])([2H])C([2H])([2H])[N+](C([2H])([2H])[2H])(C([2H])([2H])[2H])C([2H])([2H])[2H].[Br-]. The van der Waals surface area contributed by atoms with Crippen LogP contribution in [0.15, 0.2) is 0 Å². The Morgan fingerprint density at radius 1 is 0.684 bits per heavy atom. The molecule has 0 aliphatic rings. The Morgan fingerprint density at radius 3 is 1.53 bits per heavy atom. The number of hydrogen-bond acceptors (Lipinski definition) is 0. The molecule has 0 spiro atoms. The molecule has 0 aliphatic carbocycles. The molecular formula is C17H38BrN. The van der Waals surface area contributed by atoms with E-state index in [0.29, 0.717) is 0 Å². The van der Waals surface area contributed by atoms with Gasteiger partial charge in [0, 0.05) is 37.0 Å². The first-order valence-corrected chi connectivity index (χ1v) is 4.14. The third-order valence-corrected chi connectivity index (χ3v) is 0.911. The maximum absolute atomic E-state index is 8.27. The molecule has 0 bridgehead atoms. The van der Waals surface area contributed by atoms with Gasteiger partial charge in [0.05, 0.1) is 42.5 Å². The summed E-state index contributed by atoms with van der Waals surface area (Å²) in [5.74, 6) is 0. The fraction of sp³-hybridized carbons (Fsp3) is 1.00. The highest BCUT2D eigenvalue weighted by Crippen LogP contribution is 2.12. The van der Waals surface area contributed by atoms with E-state index in [-0.39, 0.29) is 17.0 Å². The highest BCUT2D eigenvalue weighted by molar-refractivity contribution is 4.48. The van der Waals surface area contributed by atoms with E-state index in [0.717, 1.165) is 0 Å². The third kappa shape index (κ3) is 20.9. The molecule has 0 N–H and O–H groups in total. The Labute approximate surface area is 186 Å². The van der Waals surface area contributed by atoms with Crippen LogP contribution in [0.3, 0.4) is 0 Å². The Balaban J connectivity index is 0. The first-order valence-electron chi connectivity index (χ1n) is 23.1. The molecule has 0 fully saturated rings. The molecule has 0 aliphatic heterocycles. The minimum absolute atomic E-state index is 0. The van der Waals surface area contributed by atoms with Crippen LogP contribution in [0.25, 0.3) is 0 Å². The van der Waals surface area contributed by atoms with Crippen LogP contribution in [0, 0.1) is 0 Å². The van der Waals surface area contributed by atoms with Gasteiger partial charge in [-0.3, -0.25) is 0 Å². The van der Waals surface area contributed by atoms with E-state index in [1.54, 1.807) is 0 Å². The van der Waals surface area contributed by atoms with Gasteiger partial charge in [-0.1, -0.05) is 70.6 Å². The lowest BCUT2D eigenvalue weighted by Gasteiger charge is -2.23. The van der Waals surface area contributed by atoms with Crippen LogP contribution >= 0.6 is 0 Å². The summed E-state index contributed by atoms with van der Waals surface area (Å²) in [5.41, 5.74) is 0. The smallest absolute Gasteiger partial charge is 0.0924 e. The predicted molar refractivity (Wildman–Crippen MR) is 84.0 cm³/mol. The lowest BCUT2D eigenvalue weighted by molar-refractivity contribution is -0.870. The maximum atomic E-state index is 8.27. The second kappa shape index (κ2) is 14.8. The van der Waals surface area contributed by atoms with Crippen molar-refractivity contribution in [2.24, 2.45) is 0 Å². The molecule has 0 saturated heterocycles. The molecule has 0 aromatic carbocycles. The summed E-state index contributed by atoms with van der Waals surface area (Å²) in [4.78, 5) is 0. The van der Waals surface area contributed by atoms with E-state index in [1.165, 1.54) is 0 Å². The number of nitrogens with zero attached hydrogens (tertiary/aromatic N) is 1. The summed E-state index contributed by atoms with van der Waals surface area (Å²) in [6.45, 7) is -23.7. The van der Waals surface area contributed by atoms with Crippen molar-refractivity contribution in [2.45, 2.75) is 83.3 Å². The number of hydrogen-bond donors (Lipinski definition) is 0. The molecule has 0 unspecified atom stereocenters. The number of rotatable bonds is 13. The van der Waals surface area contributed by atoms with Crippen LogP contribution in [0.4, 0.5) is 0 Å². The second-order valence-electron chi connectivity index (χ2n) is 2.28. The lowest BCUT2D eigenvalue weighted by atomic mass is 10.1. The van der Waals surface area contributed by atoms with Crippen molar-refractivity contribution < 1.29 is 73.6 Å². The van der Waals surface area contributed by atoms with E-state index in [4.69, 9.17) is 52.1 Å². The molecule has 0 heterocycles. The summed E-state index contributed by atoms with van der Waals surface area (Å²) in [6.07, 6.45) is -61.3. The molecule has 118 valence electrons. The molecule has 2 heteroatoms. The van der Waals surface area contributed by atoms with Gasteiger partial charge < -0.3 is 21.5 Å². The van der Waals surface area contributed by atoms with E-state index >= 15 is 0 Å². The summed E-state index contributed by atoms with van der Waals surface area (Å²) in [6, 6.07) is 0. The maximum Gasteiger partial charge on any atom is 0.0924 e. The van der Waals surface area contributed by atoms with Crippen molar-refractivity contribution >= 4 is 0 Å². The molecule has 0 atom stereocenters. The van der Waals surface area contributed by atoms with Gasteiger partial charge in [0.25, 0.3) is 0 Å². The van der Waals surface area contributed by atoms with Gasteiger partial charge in [-0.2, -0.15) is 0 Å². The zero-order valence-corrected chi connectivity index (χ0v) is 10.9. The van der Waals surface area contributed by atoms with Gasteiger partial charge in [0.15, 0.2) is 0 Å². The van der Waals surface area contributed by atoms with Gasteiger partial charge in [0.1, 0.15) is 0 Å². The van der Waals surface area contributed by atoms with Crippen LogP contribution in [0.5, 0.6) is 0 Å². The Kier molecular flexibility index (Phi) is 1.68. The third-order valence-electron chi connectivity index (χ3n) is 0.911. The zero-order valence-electron chi connectivity index (χ0n) is 47.3. The van der Waals surface area contributed by atoms with Crippen molar-refractivity contribution in [3.8, 4) is 0 Å². The van der Waals surface area contributed by atoms with Crippen molar-refractivity contribution in [3.63, 3.8) is 0 Å². The highest BCUT2D eigenvalue weighted by atomic mass is 79.9. The Morgan fingerprint density at radius 2 is 1.11 bits per heavy atom. The van der Waals surface area contributed by atoms with Crippen LogP contribution in [0.1, 0.15) is 135 Å². The molecule has 0 radical (unpaired) electrons. The van der Waals surface area contributed by atoms with Crippen LogP contribution in [0.2, 0.25) is 0 Å². The number of halogens is 1. The molecule has 0 saturated carbocycles. The highest BCUT2D eigenvalue weighted by Gasteiger charge is 2.04. The average Bonchev–Trinajstić information content (AvgIpc) is 2.88. The number of quaternary nitrogens is 1. The van der Waals surface area contributed by atoms with E-state index < -0.39 is 115 Å². The molecule has 1 nitrogen and oxygen atoms in total. The summed E-state index contributed by atoms with van der Waals surface area (Å²) in [5, 5.41) is 0. The molecule has 19 heavy (non-hydrogen) atoms. The standard InChI is InChI=1S/C17H38N.BrH/c1-5-6-7-8-9-10-11-12-13-14-15-16-17-18(2,3)4;/h5-17H2,1-4H3;1H/q+1;/p-1/i1D3,2D3,3D3,4D3,5D2,6D2,7D2,8D2,9D2,10D2,11D2,12D2,13D2,14D2,15D2,16D2,17D2;. The minimum Gasteiger partial charge on any atom is -1.00 e. The summed E-state index contributed by atoms with van der Waals surface area (Å²) >= 11 is 0. The monoisotopic (exact) mass is 373 g/mol. The largest absolute Gasteiger partial charge is 1.00 e. The van der Waals surface area contributed by atoms with Gasteiger partial charge in [-0.25, -0.2) is 0 Å². The topological polar surface area (TPSA) is 0 Å². The predicted octanol–water partition coefficient (Wildman–Crippen LogP) is 2.40. The van der Waals surface area contributed by atoms with E-state index in [2.05, 4.69) is 0 Å². The van der Waals surface area contributed by atoms with Crippen LogP contribution in [-0.4, -0.2) is 31.9 Å². The molecule has 0 aromatic rings. The second-order valence-corrected chi connectivity index (χ2v) is 2.28. The van der Waals surface area contributed by atoms with Gasteiger partial charge in [0.2, 0.25) is 0 Å². The Bertz CT molecular complexity index is 1390. The van der Waals surface area contributed by atoms with Gasteiger partial charge >= 0.3 is 0 Å². The fourth-order valence-corrected chi connectivity index (χ4v) is 0.424. The summed E-state index contributed by atoms with van der Waals surface area (Å²) in [7, 11) is 0. The normalized spacial score (nSPS) is 53.5. The van der Waals surface area contributed by atoms with Crippen LogP contribution in [-0.2, 0) is 0 Å². The molecule has 0 aromatic heterocycles. The van der Waals surface area contributed by atoms with Crippen molar-refractivity contribution in [1.82, 2.24) is 0 Å². The van der Waals surface area contributed by atoms with E-state index in [9.17, 15) is 0 Å². The first kappa shape index (κ1) is 2.15. The quantitative estimate of drug-likeness (QED) is 0.434. The lowest BCUT2D eigenvalue weighted by Crippen LogP contribution is -3.00. The van der Waals surface area contributed by atoms with Gasteiger partial charge in [-0.05, 0) is 12.7 Å². The minimum atomic E-state index is -5.31. The molecular weight excluding hydrogens is 298 g/mol. The Hall–Kier alpha value is 0.440. The molecule has 0 amide bonds. The first-order chi connectivity index (χ1) is 23.2. The average molecular weight is 375 g/mol. The summed E-state index contributed by atoms with van der Waals surface area (Å²) < 4.78 is 298. The fourth-order valence-electron chi connectivity index (χ4n) is 0.424. The molecule has 0 rings (SSSR count). The van der Waals surface area contributed by atoms with Crippen LogP contribution < -0.4 is 17.0 Å². The van der Waals surface area contributed by atoms with Crippen molar-refractivity contribution in [1.29, 1.82) is 0 Å². The zero-order chi connectivity index (χ0) is 47.0. The van der Waals surface area contributed by atoms with Crippen molar-refractivity contribution in [2.75, 3.05) is 27.4 Å². The van der Waals surface area contributed by atoms with Gasteiger partial charge in [-0.15, -0.1) is 0 Å².